The fourth-order valence-electron chi connectivity index (χ4n) is 5.74. The van der Waals surface area contributed by atoms with Gasteiger partial charge in [-0.05, 0) is 80.5 Å². The molecule has 0 spiro atoms. The molecule has 4 bridgehead atoms. The summed E-state index contributed by atoms with van der Waals surface area (Å²) in [4.78, 5) is 35.5. The van der Waals surface area contributed by atoms with Crippen LogP contribution in [0.5, 0.6) is 0 Å². The van der Waals surface area contributed by atoms with Gasteiger partial charge in [-0.25, -0.2) is 0 Å². The second-order valence-electron chi connectivity index (χ2n) is 8.63. The van der Waals surface area contributed by atoms with E-state index in [0.717, 1.165) is 37.0 Å². The Bertz CT molecular complexity index is 721. The Morgan fingerprint density at radius 1 is 0.963 bits per heavy atom. The van der Waals surface area contributed by atoms with Crippen LogP contribution in [0.25, 0.3) is 0 Å². The highest BCUT2D eigenvalue weighted by Gasteiger charge is 2.54. The standard InChI is InChI=1S/C21H26N2O4/c24-18(25)5-6-22-19(26)16-1-3-17(4-2-16)23-20(27)21-10-13-7-14(11-21)9-15(8-13)12-21/h1-4,13-15H,5-12H2,(H,22,26)(H,23,27)(H,24,25). The molecule has 144 valence electrons. The highest BCUT2D eigenvalue weighted by Crippen LogP contribution is 2.60. The van der Waals surface area contributed by atoms with Crippen LogP contribution in [0, 0.1) is 23.2 Å². The van der Waals surface area contributed by atoms with Crippen LogP contribution in [0.3, 0.4) is 0 Å². The number of hydrogen-bond donors (Lipinski definition) is 3. The lowest BCUT2D eigenvalue weighted by Crippen LogP contribution is -2.51. The van der Waals surface area contributed by atoms with Gasteiger partial charge in [0.15, 0.2) is 0 Å². The van der Waals surface area contributed by atoms with Crippen molar-refractivity contribution in [2.24, 2.45) is 23.2 Å². The Morgan fingerprint density at radius 2 is 1.52 bits per heavy atom. The predicted octanol–water partition coefficient (Wildman–Crippen LogP) is 3.05. The van der Waals surface area contributed by atoms with Gasteiger partial charge < -0.3 is 15.7 Å². The number of carboxylic acid groups (broad SMARTS) is 1. The van der Waals surface area contributed by atoms with Crippen molar-refractivity contribution in [1.82, 2.24) is 5.32 Å². The van der Waals surface area contributed by atoms with Crippen LogP contribution >= 0.6 is 0 Å². The molecule has 27 heavy (non-hydrogen) atoms. The first-order valence-electron chi connectivity index (χ1n) is 9.85. The zero-order valence-electron chi connectivity index (χ0n) is 15.4. The lowest BCUT2D eigenvalue weighted by molar-refractivity contribution is -0.140. The van der Waals surface area contributed by atoms with Gasteiger partial charge in [0.25, 0.3) is 5.91 Å². The number of amides is 2. The lowest BCUT2D eigenvalue weighted by atomic mass is 9.49. The summed E-state index contributed by atoms with van der Waals surface area (Å²) in [6, 6.07) is 6.80. The van der Waals surface area contributed by atoms with Crippen molar-refractivity contribution in [2.45, 2.75) is 44.9 Å². The van der Waals surface area contributed by atoms with Crippen molar-refractivity contribution in [2.75, 3.05) is 11.9 Å². The van der Waals surface area contributed by atoms with Gasteiger partial charge in [-0.2, -0.15) is 0 Å². The normalized spacial score (nSPS) is 30.7. The average Bonchev–Trinajstić information content (AvgIpc) is 2.60. The molecular formula is C21H26N2O4. The molecule has 1 aromatic carbocycles. The summed E-state index contributed by atoms with van der Waals surface area (Å²) in [7, 11) is 0. The summed E-state index contributed by atoms with van der Waals surface area (Å²) < 4.78 is 0. The summed E-state index contributed by atoms with van der Waals surface area (Å²) in [5, 5.41) is 14.3. The monoisotopic (exact) mass is 370 g/mol. The van der Waals surface area contributed by atoms with Gasteiger partial charge in [0, 0.05) is 17.8 Å². The van der Waals surface area contributed by atoms with Gasteiger partial charge in [-0.1, -0.05) is 0 Å². The van der Waals surface area contributed by atoms with Crippen LogP contribution in [0.4, 0.5) is 5.69 Å². The van der Waals surface area contributed by atoms with E-state index in [2.05, 4.69) is 10.6 Å². The summed E-state index contributed by atoms with van der Waals surface area (Å²) in [6.45, 7) is 0.0959. The number of carboxylic acids is 1. The smallest absolute Gasteiger partial charge is 0.305 e. The molecular weight excluding hydrogens is 344 g/mol. The Hall–Kier alpha value is -2.37. The number of benzene rings is 1. The van der Waals surface area contributed by atoms with E-state index in [1.165, 1.54) is 19.3 Å². The third-order valence-electron chi connectivity index (χ3n) is 6.55. The minimum atomic E-state index is -0.946. The molecule has 0 unspecified atom stereocenters. The van der Waals surface area contributed by atoms with Crippen molar-refractivity contribution < 1.29 is 19.5 Å². The van der Waals surface area contributed by atoms with Crippen molar-refractivity contribution in [3.05, 3.63) is 29.8 Å². The number of anilines is 1. The van der Waals surface area contributed by atoms with E-state index >= 15 is 0 Å². The summed E-state index contributed by atoms with van der Waals surface area (Å²) in [5.41, 5.74) is 0.966. The minimum Gasteiger partial charge on any atom is -0.481 e. The summed E-state index contributed by atoms with van der Waals surface area (Å²) >= 11 is 0. The summed E-state index contributed by atoms with van der Waals surface area (Å²) in [6.07, 6.45) is 6.87. The molecule has 0 heterocycles. The number of carbonyl (C=O) groups is 3. The van der Waals surface area contributed by atoms with Crippen LogP contribution < -0.4 is 10.6 Å². The van der Waals surface area contributed by atoms with Gasteiger partial charge in [0.05, 0.1) is 11.8 Å². The maximum atomic E-state index is 13.0. The first-order valence-corrected chi connectivity index (χ1v) is 9.85. The largest absolute Gasteiger partial charge is 0.481 e. The number of rotatable bonds is 6. The van der Waals surface area contributed by atoms with E-state index in [-0.39, 0.29) is 30.2 Å². The van der Waals surface area contributed by atoms with E-state index < -0.39 is 5.97 Å². The van der Waals surface area contributed by atoms with E-state index in [1.807, 2.05) is 0 Å². The Kier molecular flexibility index (Phi) is 4.66. The number of aliphatic carboxylic acids is 1. The van der Waals surface area contributed by atoms with Crippen LogP contribution in [0.1, 0.15) is 55.3 Å². The molecule has 1 aromatic rings. The molecule has 6 heteroatoms. The molecule has 0 atom stereocenters. The van der Waals surface area contributed by atoms with Crippen molar-refractivity contribution >= 4 is 23.5 Å². The van der Waals surface area contributed by atoms with Crippen molar-refractivity contribution in [1.29, 1.82) is 0 Å². The second-order valence-corrected chi connectivity index (χ2v) is 8.63. The number of hydrogen-bond acceptors (Lipinski definition) is 3. The van der Waals surface area contributed by atoms with Gasteiger partial charge in [-0.15, -0.1) is 0 Å². The highest BCUT2D eigenvalue weighted by molar-refractivity contribution is 5.97. The molecule has 0 saturated heterocycles. The Morgan fingerprint density at radius 3 is 2.04 bits per heavy atom. The molecule has 5 rings (SSSR count). The first kappa shape index (κ1) is 18.0. The molecule has 2 amide bonds. The second kappa shape index (κ2) is 6.98. The molecule has 0 aliphatic heterocycles. The van der Waals surface area contributed by atoms with Gasteiger partial charge in [-0.3, -0.25) is 14.4 Å². The van der Waals surface area contributed by atoms with Crippen molar-refractivity contribution in [3.63, 3.8) is 0 Å². The van der Waals surface area contributed by atoms with E-state index in [0.29, 0.717) is 11.3 Å². The predicted molar refractivity (Wildman–Crippen MR) is 100 cm³/mol. The van der Waals surface area contributed by atoms with E-state index in [9.17, 15) is 14.4 Å². The average molecular weight is 370 g/mol. The van der Waals surface area contributed by atoms with Gasteiger partial charge in [0.1, 0.15) is 0 Å². The van der Waals surface area contributed by atoms with Crippen LogP contribution in [0.2, 0.25) is 0 Å². The minimum absolute atomic E-state index is 0.0959. The van der Waals surface area contributed by atoms with E-state index in [4.69, 9.17) is 5.11 Å². The maximum absolute atomic E-state index is 13.0. The summed E-state index contributed by atoms with van der Waals surface area (Å²) in [5.74, 6) is 1.05. The molecule has 4 fully saturated rings. The topological polar surface area (TPSA) is 95.5 Å². The number of carbonyl (C=O) groups excluding carboxylic acids is 2. The Balaban J connectivity index is 1.36. The zero-order valence-corrected chi connectivity index (χ0v) is 15.4. The van der Waals surface area contributed by atoms with E-state index in [1.54, 1.807) is 24.3 Å². The first-order chi connectivity index (χ1) is 12.9. The third-order valence-corrected chi connectivity index (χ3v) is 6.55. The van der Waals surface area contributed by atoms with Crippen molar-refractivity contribution in [3.8, 4) is 0 Å². The fourth-order valence-corrected chi connectivity index (χ4v) is 5.74. The Labute approximate surface area is 158 Å². The maximum Gasteiger partial charge on any atom is 0.305 e. The van der Waals surface area contributed by atoms with Gasteiger partial charge >= 0.3 is 5.97 Å². The SMILES string of the molecule is O=C(O)CCNC(=O)c1ccc(NC(=O)C23CC4CC(CC(C4)C2)C3)cc1. The van der Waals surface area contributed by atoms with Gasteiger partial charge in [0.2, 0.25) is 5.91 Å². The third kappa shape index (κ3) is 3.70. The molecule has 4 aliphatic rings. The molecule has 0 radical (unpaired) electrons. The van der Waals surface area contributed by atoms with Crippen LogP contribution in [0.15, 0.2) is 24.3 Å². The molecule has 4 saturated carbocycles. The molecule has 0 aromatic heterocycles. The highest BCUT2D eigenvalue weighted by atomic mass is 16.4. The molecule has 3 N–H and O–H groups in total. The quantitative estimate of drug-likeness (QED) is 0.717. The molecule has 4 aliphatic carbocycles. The lowest BCUT2D eigenvalue weighted by Gasteiger charge is -2.55. The zero-order chi connectivity index (χ0) is 19.0. The van der Waals surface area contributed by atoms with Crippen LogP contribution in [-0.2, 0) is 9.59 Å². The molecule has 6 nitrogen and oxygen atoms in total. The fraction of sp³-hybridized carbons (Fsp3) is 0.571. The van der Waals surface area contributed by atoms with Crippen LogP contribution in [-0.4, -0.2) is 29.4 Å². The number of nitrogens with one attached hydrogen (secondary N) is 2.